The number of carboxylic acid groups (broad SMARTS) is 2. The molecule has 1 fully saturated rings. The molecule has 27 heavy (non-hydrogen) atoms. The lowest BCUT2D eigenvalue weighted by Crippen LogP contribution is -2.36. The molecule has 0 atom stereocenters. The van der Waals surface area contributed by atoms with E-state index in [1.165, 1.54) is 4.52 Å². The molecule has 10 nitrogen and oxygen atoms in total. The standard InChI is InChI=1S/C12H15N5O3.C2HF3O2/c18-6-11-15-14-10-2-1-9(16-17(10)11)13-8-3-7(4-8)5-12(19)20;3-2(4,5)1(6)7/h1-2,7-8,18H,3-6H2,(H,13,16)(H,19,20);(H,6,7). The van der Waals surface area contributed by atoms with E-state index < -0.39 is 18.1 Å². The first-order valence-electron chi connectivity index (χ1n) is 7.70. The van der Waals surface area contributed by atoms with Crippen molar-refractivity contribution in [2.45, 2.75) is 38.1 Å². The van der Waals surface area contributed by atoms with Crippen LogP contribution in [-0.2, 0) is 16.2 Å². The Hall–Kier alpha value is -2.96. The van der Waals surface area contributed by atoms with Crippen LogP contribution in [0, 0.1) is 5.92 Å². The van der Waals surface area contributed by atoms with Crippen molar-refractivity contribution in [1.29, 1.82) is 0 Å². The summed E-state index contributed by atoms with van der Waals surface area (Å²) in [5, 5.41) is 40.2. The minimum absolute atomic E-state index is 0.221. The Labute approximate surface area is 149 Å². The van der Waals surface area contributed by atoms with Crippen molar-refractivity contribution in [3.8, 4) is 0 Å². The van der Waals surface area contributed by atoms with Gasteiger partial charge < -0.3 is 20.6 Å². The zero-order valence-electron chi connectivity index (χ0n) is 13.7. The number of aliphatic hydroxyl groups is 1. The first-order chi connectivity index (χ1) is 12.6. The maximum Gasteiger partial charge on any atom is 0.490 e. The largest absolute Gasteiger partial charge is 0.490 e. The maximum atomic E-state index is 10.6. The SMILES string of the molecule is O=C(O)C(F)(F)F.O=C(O)CC1CC(Nc2ccc3nnc(CO)n3n2)C1. The molecule has 2 aromatic heterocycles. The number of hydrogen-bond acceptors (Lipinski definition) is 7. The minimum Gasteiger partial charge on any atom is -0.481 e. The summed E-state index contributed by atoms with van der Waals surface area (Å²) < 4.78 is 33.2. The molecule has 2 heterocycles. The van der Waals surface area contributed by atoms with Crippen molar-refractivity contribution >= 4 is 23.4 Å². The van der Waals surface area contributed by atoms with E-state index >= 15 is 0 Å². The highest BCUT2D eigenvalue weighted by Gasteiger charge is 2.38. The van der Waals surface area contributed by atoms with Crippen molar-refractivity contribution in [2.75, 3.05) is 5.32 Å². The van der Waals surface area contributed by atoms with Gasteiger partial charge in [-0.25, -0.2) is 4.79 Å². The van der Waals surface area contributed by atoms with Crippen molar-refractivity contribution in [2.24, 2.45) is 5.92 Å². The lowest BCUT2D eigenvalue weighted by Gasteiger charge is -2.35. The van der Waals surface area contributed by atoms with Crippen LogP contribution in [0.2, 0.25) is 0 Å². The fourth-order valence-electron chi connectivity index (χ4n) is 2.49. The predicted molar refractivity (Wildman–Crippen MR) is 82.8 cm³/mol. The lowest BCUT2D eigenvalue weighted by molar-refractivity contribution is -0.192. The second-order valence-electron chi connectivity index (χ2n) is 5.84. The number of aliphatic carboxylic acids is 2. The number of halogens is 3. The number of rotatable bonds is 5. The molecular formula is C14H16F3N5O5. The van der Waals surface area contributed by atoms with E-state index in [2.05, 4.69) is 20.6 Å². The van der Waals surface area contributed by atoms with Crippen molar-refractivity contribution in [1.82, 2.24) is 19.8 Å². The van der Waals surface area contributed by atoms with E-state index in [0.29, 0.717) is 17.3 Å². The molecule has 4 N–H and O–H groups in total. The molecule has 1 saturated carbocycles. The Balaban J connectivity index is 0.000000321. The monoisotopic (exact) mass is 391 g/mol. The zero-order chi connectivity index (χ0) is 20.2. The first kappa shape index (κ1) is 20.4. The summed E-state index contributed by atoms with van der Waals surface area (Å²) in [6.45, 7) is -0.221. The molecule has 0 amide bonds. The summed E-state index contributed by atoms with van der Waals surface area (Å²) in [5.41, 5.74) is 0.581. The molecule has 1 aliphatic rings. The number of alkyl halides is 3. The van der Waals surface area contributed by atoms with Gasteiger partial charge in [0.25, 0.3) is 0 Å². The Morgan fingerprint density at radius 1 is 1.22 bits per heavy atom. The molecule has 0 aliphatic heterocycles. The van der Waals surface area contributed by atoms with Crippen LogP contribution in [0.4, 0.5) is 19.0 Å². The zero-order valence-corrected chi connectivity index (χ0v) is 13.7. The van der Waals surface area contributed by atoms with Gasteiger partial charge in [0.2, 0.25) is 0 Å². The van der Waals surface area contributed by atoms with E-state index in [-0.39, 0.29) is 25.0 Å². The number of carboxylic acids is 2. The summed E-state index contributed by atoms with van der Waals surface area (Å²) in [6.07, 6.45) is -3.19. The van der Waals surface area contributed by atoms with Gasteiger partial charge in [0.1, 0.15) is 12.4 Å². The van der Waals surface area contributed by atoms with E-state index in [0.717, 1.165) is 12.8 Å². The van der Waals surface area contributed by atoms with Gasteiger partial charge in [0.05, 0.1) is 0 Å². The van der Waals surface area contributed by atoms with Crippen LogP contribution in [0.15, 0.2) is 12.1 Å². The quantitative estimate of drug-likeness (QED) is 0.583. The fourth-order valence-corrected chi connectivity index (χ4v) is 2.49. The highest BCUT2D eigenvalue weighted by atomic mass is 19.4. The second kappa shape index (κ2) is 8.16. The third-order valence-electron chi connectivity index (χ3n) is 3.76. The molecule has 0 spiro atoms. The normalized spacial score (nSPS) is 19.0. The Morgan fingerprint density at radius 3 is 2.37 bits per heavy atom. The Kier molecular flexibility index (Phi) is 6.15. The van der Waals surface area contributed by atoms with Crippen molar-refractivity contribution < 1.29 is 38.1 Å². The molecule has 0 aromatic carbocycles. The molecule has 0 radical (unpaired) electrons. The third-order valence-corrected chi connectivity index (χ3v) is 3.76. The highest BCUT2D eigenvalue weighted by Crippen LogP contribution is 2.32. The van der Waals surface area contributed by atoms with Gasteiger partial charge in [-0.2, -0.15) is 17.7 Å². The molecule has 0 saturated heterocycles. The average molecular weight is 391 g/mol. The number of fused-ring (bicyclic) bond motifs is 1. The maximum absolute atomic E-state index is 10.6. The lowest BCUT2D eigenvalue weighted by atomic mass is 9.78. The van der Waals surface area contributed by atoms with Crippen LogP contribution in [0.25, 0.3) is 5.65 Å². The van der Waals surface area contributed by atoms with Gasteiger partial charge in [-0.05, 0) is 30.9 Å². The molecule has 0 bridgehead atoms. The number of carbonyl (C=O) groups is 2. The number of nitrogens with one attached hydrogen (secondary N) is 1. The number of aliphatic hydroxyl groups excluding tert-OH is 1. The van der Waals surface area contributed by atoms with Gasteiger partial charge in [0.15, 0.2) is 11.5 Å². The van der Waals surface area contributed by atoms with E-state index in [1.807, 2.05) is 0 Å². The van der Waals surface area contributed by atoms with Gasteiger partial charge in [-0.3, -0.25) is 4.79 Å². The second-order valence-corrected chi connectivity index (χ2v) is 5.84. The molecule has 0 unspecified atom stereocenters. The summed E-state index contributed by atoms with van der Waals surface area (Å²) in [5.74, 6) is -2.19. The number of hydrogen-bond donors (Lipinski definition) is 4. The molecule has 1 aliphatic carbocycles. The van der Waals surface area contributed by atoms with Crippen molar-refractivity contribution in [3.63, 3.8) is 0 Å². The Morgan fingerprint density at radius 2 is 1.85 bits per heavy atom. The fraction of sp³-hybridized carbons (Fsp3) is 0.500. The predicted octanol–water partition coefficient (Wildman–Crippen LogP) is 0.915. The van der Waals surface area contributed by atoms with Crippen LogP contribution in [0.1, 0.15) is 25.1 Å². The van der Waals surface area contributed by atoms with Gasteiger partial charge in [0, 0.05) is 12.5 Å². The first-order valence-corrected chi connectivity index (χ1v) is 7.70. The highest BCUT2D eigenvalue weighted by molar-refractivity contribution is 5.73. The van der Waals surface area contributed by atoms with E-state index in [9.17, 15) is 18.0 Å². The van der Waals surface area contributed by atoms with Crippen LogP contribution >= 0.6 is 0 Å². The van der Waals surface area contributed by atoms with Gasteiger partial charge in [-0.15, -0.1) is 15.3 Å². The minimum atomic E-state index is -5.08. The van der Waals surface area contributed by atoms with Crippen LogP contribution < -0.4 is 5.32 Å². The van der Waals surface area contributed by atoms with E-state index in [4.69, 9.17) is 20.1 Å². The summed E-state index contributed by atoms with van der Waals surface area (Å²) in [6, 6.07) is 3.82. The topological polar surface area (TPSA) is 150 Å². The molecule has 148 valence electrons. The summed E-state index contributed by atoms with van der Waals surface area (Å²) in [4.78, 5) is 19.5. The number of anilines is 1. The van der Waals surface area contributed by atoms with Crippen LogP contribution in [-0.4, -0.2) is 59.3 Å². The number of nitrogens with zero attached hydrogens (tertiary/aromatic N) is 4. The summed E-state index contributed by atoms with van der Waals surface area (Å²) in [7, 11) is 0. The number of aromatic nitrogens is 4. The average Bonchev–Trinajstić information content (AvgIpc) is 2.94. The van der Waals surface area contributed by atoms with E-state index in [1.54, 1.807) is 12.1 Å². The van der Waals surface area contributed by atoms with Gasteiger partial charge in [-0.1, -0.05) is 0 Å². The van der Waals surface area contributed by atoms with Gasteiger partial charge >= 0.3 is 18.1 Å². The molecule has 3 rings (SSSR count). The van der Waals surface area contributed by atoms with Crippen molar-refractivity contribution in [3.05, 3.63) is 18.0 Å². The molecule has 2 aromatic rings. The van der Waals surface area contributed by atoms with Crippen LogP contribution in [0.5, 0.6) is 0 Å². The molecular weight excluding hydrogens is 375 g/mol. The smallest absolute Gasteiger partial charge is 0.481 e. The third kappa shape index (κ3) is 5.51. The Bertz CT molecular complexity index is 819. The summed E-state index contributed by atoms with van der Waals surface area (Å²) >= 11 is 0. The molecule has 13 heteroatoms. The van der Waals surface area contributed by atoms with Crippen LogP contribution in [0.3, 0.4) is 0 Å².